The van der Waals surface area contributed by atoms with E-state index in [2.05, 4.69) is 0 Å². The van der Waals surface area contributed by atoms with Gasteiger partial charge in [0.15, 0.2) is 4.80 Å². The maximum Gasteiger partial charge on any atom is 0.338 e. The molecule has 0 N–H and O–H groups in total. The Morgan fingerprint density at radius 2 is 1.97 bits per heavy atom. The summed E-state index contributed by atoms with van der Waals surface area (Å²) >= 11 is 9.34. The second kappa shape index (κ2) is 11.5. The summed E-state index contributed by atoms with van der Waals surface area (Å²) in [4.78, 5) is 33.6. The normalized spacial score (nSPS) is 15.5. The Hall–Kier alpha value is -2.81. The van der Waals surface area contributed by atoms with Gasteiger partial charge in [0, 0.05) is 15.5 Å². The molecule has 4 rings (SSSR count). The van der Waals surface area contributed by atoms with E-state index in [0.717, 1.165) is 16.9 Å². The van der Waals surface area contributed by atoms with Gasteiger partial charge in [-0.25, -0.2) is 9.79 Å². The molecule has 188 valence electrons. The van der Waals surface area contributed by atoms with Crippen LogP contribution in [0.3, 0.4) is 0 Å². The first-order valence-electron chi connectivity index (χ1n) is 11.6. The van der Waals surface area contributed by atoms with Gasteiger partial charge in [0.1, 0.15) is 11.8 Å². The number of halogens is 1. The molecule has 0 spiro atoms. The number of nitrogens with zero attached hydrogens (tertiary/aromatic N) is 2. The number of thioether (sulfide) groups is 1. The summed E-state index contributed by atoms with van der Waals surface area (Å²) in [5.74, 6) is 0.0184. The second-order valence-electron chi connectivity index (χ2n) is 8.07. The number of rotatable bonds is 8. The number of aromatic nitrogens is 1. The van der Waals surface area contributed by atoms with Crippen molar-refractivity contribution in [1.82, 2.24) is 4.57 Å². The average Bonchev–Trinajstić information content (AvgIpc) is 3.18. The predicted octanol–water partition coefficient (Wildman–Crippen LogP) is 4.96. The van der Waals surface area contributed by atoms with Crippen LogP contribution in [-0.4, -0.2) is 30.5 Å². The minimum absolute atomic E-state index is 0.206. The Labute approximate surface area is 222 Å². The number of thiazole rings is 1. The summed E-state index contributed by atoms with van der Waals surface area (Å²) in [5, 5.41) is 0.471. The molecule has 1 aromatic heterocycles. The Balaban J connectivity index is 2.02. The highest BCUT2D eigenvalue weighted by molar-refractivity contribution is 7.98. The second-order valence-corrected chi connectivity index (χ2v) is 10.4. The number of benzene rings is 2. The summed E-state index contributed by atoms with van der Waals surface area (Å²) < 4.78 is 13.2. The van der Waals surface area contributed by atoms with Gasteiger partial charge in [-0.1, -0.05) is 48.4 Å². The molecule has 1 atom stereocenters. The molecule has 0 aliphatic carbocycles. The van der Waals surface area contributed by atoms with Crippen LogP contribution in [0.4, 0.5) is 0 Å². The number of ether oxygens (including phenoxy) is 2. The third kappa shape index (κ3) is 5.16. The molecule has 0 fully saturated rings. The lowest BCUT2D eigenvalue weighted by atomic mass is 9.93. The highest BCUT2D eigenvalue weighted by atomic mass is 35.5. The van der Waals surface area contributed by atoms with E-state index in [-0.39, 0.29) is 12.2 Å². The van der Waals surface area contributed by atoms with Crippen LogP contribution >= 0.6 is 34.7 Å². The van der Waals surface area contributed by atoms with Gasteiger partial charge in [0.25, 0.3) is 5.56 Å². The van der Waals surface area contributed by atoms with E-state index in [9.17, 15) is 9.59 Å². The SMILES string of the molecule is CCCC1=C(C(=O)OCC)[C@H](c2cc(Cl)ccc2OC)n2c(s/c(=C/c3ccc(SC)cc3)c2=O)=N1. The highest BCUT2D eigenvalue weighted by Gasteiger charge is 2.36. The van der Waals surface area contributed by atoms with Crippen molar-refractivity contribution in [2.24, 2.45) is 4.99 Å². The van der Waals surface area contributed by atoms with Crippen molar-refractivity contribution in [1.29, 1.82) is 0 Å². The quantitative estimate of drug-likeness (QED) is 0.297. The maximum absolute atomic E-state index is 13.8. The molecule has 3 aromatic rings. The van der Waals surface area contributed by atoms with Crippen LogP contribution in [0.15, 0.2) is 68.4 Å². The molecule has 1 aliphatic heterocycles. The van der Waals surface area contributed by atoms with Crippen LogP contribution in [0.2, 0.25) is 5.02 Å². The van der Waals surface area contributed by atoms with Crippen LogP contribution in [-0.2, 0) is 9.53 Å². The van der Waals surface area contributed by atoms with Crippen molar-refractivity contribution in [2.75, 3.05) is 20.0 Å². The Morgan fingerprint density at radius 1 is 1.22 bits per heavy atom. The number of methoxy groups -OCH3 is 1. The maximum atomic E-state index is 13.8. The van der Waals surface area contributed by atoms with E-state index in [1.807, 2.05) is 43.5 Å². The molecule has 2 aromatic carbocycles. The number of fused-ring (bicyclic) bond motifs is 1. The number of hydrogen-bond donors (Lipinski definition) is 0. The van der Waals surface area contributed by atoms with E-state index < -0.39 is 12.0 Å². The number of allylic oxidation sites excluding steroid dienone is 1. The molecule has 0 saturated carbocycles. The zero-order valence-electron chi connectivity index (χ0n) is 20.5. The first-order chi connectivity index (χ1) is 17.4. The van der Waals surface area contributed by atoms with E-state index in [1.54, 1.807) is 48.6 Å². The lowest BCUT2D eigenvalue weighted by molar-refractivity contribution is -0.139. The van der Waals surface area contributed by atoms with Crippen molar-refractivity contribution in [2.45, 2.75) is 37.6 Å². The standard InChI is InChI=1S/C27H27ClN2O4S2/c1-5-7-20-23(26(32)34-6-2)24(19-15-17(28)10-13-21(19)33-3)30-25(31)22(36-27(30)29-20)14-16-8-11-18(35-4)12-9-16/h8-15,24H,5-7H2,1-4H3/b22-14+/t24-/m0/s1. The fraction of sp³-hybridized carbons (Fsp3) is 0.296. The summed E-state index contributed by atoms with van der Waals surface area (Å²) in [6.07, 6.45) is 5.21. The third-order valence-corrected chi connectivity index (χ3v) is 7.75. The molecule has 0 bridgehead atoms. The van der Waals surface area contributed by atoms with Crippen LogP contribution in [0.25, 0.3) is 6.08 Å². The largest absolute Gasteiger partial charge is 0.496 e. The van der Waals surface area contributed by atoms with Crippen molar-refractivity contribution >= 4 is 46.7 Å². The minimum Gasteiger partial charge on any atom is -0.496 e. The number of hydrogen-bond acceptors (Lipinski definition) is 7. The number of carbonyl (C=O) groups excluding carboxylic acids is 1. The first kappa shape index (κ1) is 26.3. The zero-order valence-corrected chi connectivity index (χ0v) is 22.9. The van der Waals surface area contributed by atoms with Crippen LogP contribution in [0.1, 0.15) is 43.9 Å². The van der Waals surface area contributed by atoms with Crippen molar-refractivity contribution < 1.29 is 14.3 Å². The molecule has 0 radical (unpaired) electrons. The topological polar surface area (TPSA) is 69.9 Å². The van der Waals surface area contributed by atoms with E-state index >= 15 is 0 Å². The summed E-state index contributed by atoms with van der Waals surface area (Å²) in [6, 6.07) is 12.4. The molecule has 1 aliphatic rings. The zero-order chi connectivity index (χ0) is 25.8. The fourth-order valence-corrected chi connectivity index (χ4v) is 5.79. The monoisotopic (exact) mass is 542 g/mol. The number of carbonyl (C=O) groups is 1. The molecule has 0 amide bonds. The van der Waals surface area contributed by atoms with Crippen molar-refractivity contribution in [3.63, 3.8) is 0 Å². The Morgan fingerprint density at radius 3 is 2.61 bits per heavy atom. The van der Waals surface area contributed by atoms with Gasteiger partial charge >= 0.3 is 5.97 Å². The third-order valence-electron chi connectivity index (χ3n) is 5.79. The van der Waals surface area contributed by atoms with E-state index in [1.165, 1.54) is 11.3 Å². The van der Waals surface area contributed by atoms with Gasteiger partial charge < -0.3 is 9.47 Å². The molecule has 0 unspecified atom stereocenters. The summed E-state index contributed by atoms with van der Waals surface area (Å²) in [7, 11) is 1.55. The lowest BCUT2D eigenvalue weighted by Crippen LogP contribution is -2.40. The predicted molar refractivity (Wildman–Crippen MR) is 146 cm³/mol. The van der Waals surface area contributed by atoms with Gasteiger partial charge in [0.05, 0.1) is 29.5 Å². The molecule has 9 heteroatoms. The van der Waals surface area contributed by atoms with Crippen LogP contribution in [0.5, 0.6) is 5.75 Å². The van der Waals surface area contributed by atoms with Crippen molar-refractivity contribution in [3.05, 3.63) is 89.6 Å². The molecule has 6 nitrogen and oxygen atoms in total. The molecular weight excluding hydrogens is 516 g/mol. The van der Waals surface area contributed by atoms with Gasteiger partial charge in [0.2, 0.25) is 0 Å². The molecular formula is C27H27ClN2O4S2. The summed E-state index contributed by atoms with van der Waals surface area (Å²) in [5.41, 5.74) is 2.22. The van der Waals surface area contributed by atoms with Gasteiger partial charge in [-0.15, -0.1) is 11.8 Å². The van der Waals surface area contributed by atoms with Crippen molar-refractivity contribution in [3.8, 4) is 5.75 Å². The van der Waals surface area contributed by atoms with Gasteiger partial charge in [-0.3, -0.25) is 9.36 Å². The molecule has 36 heavy (non-hydrogen) atoms. The smallest absolute Gasteiger partial charge is 0.338 e. The lowest BCUT2D eigenvalue weighted by Gasteiger charge is -2.27. The molecule has 0 saturated heterocycles. The van der Waals surface area contributed by atoms with Crippen LogP contribution < -0.4 is 19.6 Å². The molecule has 2 heterocycles. The Kier molecular flexibility index (Phi) is 8.39. The van der Waals surface area contributed by atoms with Gasteiger partial charge in [-0.05, 0) is 61.6 Å². The van der Waals surface area contributed by atoms with E-state index in [0.29, 0.717) is 43.4 Å². The van der Waals surface area contributed by atoms with E-state index in [4.69, 9.17) is 26.1 Å². The first-order valence-corrected chi connectivity index (χ1v) is 14.0. The number of esters is 1. The minimum atomic E-state index is -0.781. The highest BCUT2D eigenvalue weighted by Crippen LogP contribution is 2.38. The Bertz CT molecular complexity index is 1490. The fourth-order valence-electron chi connectivity index (χ4n) is 4.19. The van der Waals surface area contributed by atoms with Crippen LogP contribution in [0, 0.1) is 0 Å². The summed E-state index contributed by atoms with van der Waals surface area (Å²) in [6.45, 7) is 3.98. The average molecular weight is 543 g/mol. The van der Waals surface area contributed by atoms with Gasteiger partial charge in [-0.2, -0.15) is 0 Å².